The van der Waals surface area contributed by atoms with E-state index in [0.29, 0.717) is 11.6 Å². The molecule has 0 saturated heterocycles. The van der Waals surface area contributed by atoms with Crippen LogP contribution in [0.15, 0.2) is 48.0 Å². The molecule has 0 aromatic heterocycles. The summed E-state index contributed by atoms with van der Waals surface area (Å²) in [4.78, 5) is 12.8. The molecule has 0 fully saturated rings. The molecule has 1 unspecified atom stereocenters. The van der Waals surface area contributed by atoms with E-state index in [-0.39, 0.29) is 5.78 Å². The minimum atomic E-state index is -0.585. The van der Waals surface area contributed by atoms with Crippen LogP contribution in [0.4, 0.5) is 11.4 Å². The van der Waals surface area contributed by atoms with E-state index in [1.54, 1.807) is 0 Å². The number of ketones is 1. The number of hydrogen-bond acceptors (Lipinski definition) is 4. The van der Waals surface area contributed by atoms with E-state index in [1.807, 2.05) is 31.2 Å². The smallest absolute Gasteiger partial charge is 0.229 e. The minimum absolute atomic E-state index is 0.0364. The molecule has 2 aliphatic heterocycles. The molecule has 23 heavy (non-hydrogen) atoms. The van der Waals surface area contributed by atoms with Crippen LogP contribution in [0.5, 0.6) is 0 Å². The molecule has 2 aromatic carbocycles. The number of ether oxygens (including phenoxy) is 1. The van der Waals surface area contributed by atoms with Crippen molar-refractivity contribution in [2.24, 2.45) is 0 Å². The standard InChI is InChI=1S/C19H18N2O2/c1-10-6-4-5-7-13(10)18-17(22)16-19(23-18)21-15-9-12(3)11(2)8-14(15)20-16/h4-9,18,20-21H,1-3H3. The Kier molecular flexibility index (Phi) is 2.94. The van der Waals surface area contributed by atoms with Gasteiger partial charge in [-0.25, -0.2) is 0 Å². The highest BCUT2D eigenvalue weighted by Crippen LogP contribution is 2.40. The van der Waals surface area contributed by atoms with Gasteiger partial charge in [-0.1, -0.05) is 24.3 Å². The lowest BCUT2D eigenvalue weighted by molar-refractivity contribution is -0.121. The molecule has 2 heterocycles. The van der Waals surface area contributed by atoms with Gasteiger partial charge in [-0.15, -0.1) is 0 Å². The van der Waals surface area contributed by atoms with Gasteiger partial charge >= 0.3 is 0 Å². The van der Waals surface area contributed by atoms with Crippen LogP contribution in [0.25, 0.3) is 0 Å². The Morgan fingerprint density at radius 3 is 2.26 bits per heavy atom. The Balaban J connectivity index is 1.69. The third kappa shape index (κ3) is 2.10. The second-order valence-corrected chi connectivity index (χ2v) is 6.15. The van der Waals surface area contributed by atoms with E-state index in [2.05, 4.69) is 36.6 Å². The summed E-state index contributed by atoms with van der Waals surface area (Å²) in [5.41, 5.74) is 6.70. The van der Waals surface area contributed by atoms with Crippen molar-refractivity contribution < 1.29 is 9.53 Å². The summed E-state index contributed by atoms with van der Waals surface area (Å²) < 4.78 is 5.93. The summed E-state index contributed by atoms with van der Waals surface area (Å²) in [6.07, 6.45) is -0.585. The lowest BCUT2D eigenvalue weighted by atomic mass is 9.99. The molecule has 0 aliphatic carbocycles. The van der Waals surface area contributed by atoms with Crippen LogP contribution in [0.1, 0.15) is 28.4 Å². The molecule has 2 aromatic rings. The maximum atomic E-state index is 12.8. The normalized spacial score (nSPS) is 18.7. The number of aryl methyl sites for hydroxylation is 3. The molecule has 116 valence electrons. The van der Waals surface area contributed by atoms with Gasteiger partial charge in [-0.3, -0.25) is 4.79 Å². The molecule has 1 atom stereocenters. The fourth-order valence-electron chi connectivity index (χ4n) is 3.05. The largest absolute Gasteiger partial charge is 0.461 e. The van der Waals surface area contributed by atoms with Gasteiger partial charge < -0.3 is 15.4 Å². The highest BCUT2D eigenvalue weighted by Gasteiger charge is 2.39. The summed E-state index contributed by atoms with van der Waals surface area (Å²) >= 11 is 0. The maximum absolute atomic E-state index is 12.8. The molecule has 4 nitrogen and oxygen atoms in total. The summed E-state index contributed by atoms with van der Waals surface area (Å²) in [6.45, 7) is 6.12. The first-order valence-electron chi connectivity index (χ1n) is 7.70. The van der Waals surface area contributed by atoms with Crippen molar-refractivity contribution in [3.63, 3.8) is 0 Å². The van der Waals surface area contributed by atoms with Crippen molar-refractivity contribution in [3.05, 3.63) is 70.2 Å². The quantitative estimate of drug-likeness (QED) is 0.837. The number of benzene rings is 2. The van der Waals surface area contributed by atoms with Gasteiger partial charge in [0.2, 0.25) is 11.7 Å². The molecule has 0 saturated carbocycles. The predicted molar refractivity (Wildman–Crippen MR) is 90.2 cm³/mol. The SMILES string of the molecule is Cc1cc2c(cc1C)NC1=C(N2)OC(c2ccccc2C)C1=O. The van der Waals surface area contributed by atoms with Crippen LogP contribution in [-0.4, -0.2) is 5.78 Å². The van der Waals surface area contributed by atoms with Crippen molar-refractivity contribution in [3.8, 4) is 0 Å². The summed E-state index contributed by atoms with van der Waals surface area (Å²) in [6, 6.07) is 11.9. The van der Waals surface area contributed by atoms with Gasteiger partial charge in [-0.05, 0) is 49.6 Å². The molecule has 0 amide bonds. The van der Waals surface area contributed by atoms with E-state index in [1.165, 1.54) is 11.1 Å². The number of carbonyl (C=O) groups is 1. The number of hydrogen-bond donors (Lipinski definition) is 2. The van der Waals surface area contributed by atoms with Crippen LogP contribution in [0.3, 0.4) is 0 Å². The van der Waals surface area contributed by atoms with Crippen molar-refractivity contribution >= 4 is 17.2 Å². The molecule has 4 heteroatoms. The van der Waals surface area contributed by atoms with Crippen LogP contribution in [-0.2, 0) is 9.53 Å². The summed E-state index contributed by atoms with van der Waals surface area (Å²) in [5.74, 6) is 0.477. The maximum Gasteiger partial charge on any atom is 0.229 e. The van der Waals surface area contributed by atoms with Gasteiger partial charge in [0.15, 0.2) is 6.10 Å². The second-order valence-electron chi connectivity index (χ2n) is 6.15. The van der Waals surface area contributed by atoms with Crippen molar-refractivity contribution in [1.82, 2.24) is 0 Å². The van der Waals surface area contributed by atoms with Crippen LogP contribution in [0, 0.1) is 20.8 Å². The molecular weight excluding hydrogens is 288 g/mol. The van der Waals surface area contributed by atoms with E-state index in [9.17, 15) is 4.79 Å². The summed E-state index contributed by atoms with van der Waals surface area (Å²) in [5, 5.41) is 6.49. The van der Waals surface area contributed by atoms with Gasteiger partial charge in [0, 0.05) is 5.56 Å². The van der Waals surface area contributed by atoms with Gasteiger partial charge in [0.25, 0.3) is 0 Å². The van der Waals surface area contributed by atoms with Crippen molar-refractivity contribution in [1.29, 1.82) is 0 Å². The topological polar surface area (TPSA) is 50.4 Å². The number of fused-ring (bicyclic) bond motifs is 1. The lowest BCUT2D eigenvalue weighted by Crippen LogP contribution is -2.18. The van der Waals surface area contributed by atoms with Crippen LogP contribution >= 0.6 is 0 Å². The number of Topliss-reactive ketones (excluding diaryl/α,β-unsaturated/α-hetero) is 1. The molecule has 4 rings (SSSR count). The summed E-state index contributed by atoms with van der Waals surface area (Å²) in [7, 11) is 0. The molecule has 0 spiro atoms. The first-order valence-corrected chi connectivity index (χ1v) is 7.70. The van der Waals surface area contributed by atoms with Gasteiger partial charge in [0.05, 0.1) is 11.4 Å². The molecule has 2 aliphatic rings. The average molecular weight is 306 g/mol. The Bertz CT molecular complexity index is 868. The number of rotatable bonds is 1. The monoisotopic (exact) mass is 306 g/mol. The zero-order chi connectivity index (χ0) is 16.1. The predicted octanol–water partition coefficient (Wildman–Crippen LogP) is 3.96. The van der Waals surface area contributed by atoms with E-state index in [4.69, 9.17) is 4.74 Å². The number of carbonyl (C=O) groups excluding carboxylic acids is 1. The highest BCUT2D eigenvalue weighted by molar-refractivity contribution is 6.06. The third-order valence-electron chi connectivity index (χ3n) is 4.56. The number of nitrogens with one attached hydrogen (secondary N) is 2. The van der Waals surface area contributed by atoms with Crippen molar-refractivity contribution in [2.75, 3.05) is 10.6 Å². The average Bonchev–Trinajstić information content (AvgIpc) is 2.83. The molecule has 2 N–H and O–H groups in total. The van der Waals surface area contributed by atoms with Crippen LogP contribution < -0.4 is 10.6 Å². The zero-order valence-corrected chi connectivity index (χ0v) is 13.4. The fourth-order valence-corrected chi connectivity index (χ4v) is 3.05. The zero-order valence-electron chi connectivity index (χ0n) is 13.4. The Labute approximate surface area is 135 Å². The van der Waals surface area contributed by atoms with Crippen molar-refractivity contribution in [2.45, 2.75) is 26.9 Å². The first-order chi connectivity index (χ1) is 11.0. The fraction of sp³-hybridized carbons (Fsp3) is 0.211. The van der Waals surface area contributed by atoms with E-state index >= 15 is 0 Å². The van der Waals surface area contributed by atoms with E-state index in [0.717, 1.165) is 22.5 Å². The second kappa shape index (κ2) is 4.88. The lowest BCUT2D eigenvalue weighted by Gasteiger charge is -2.21. The Hall–Kier alpha value is -2.75. The van der Waals surface area contributed by atoms with Gasteiger partial charge in [0.1, 0.15) is 5.70 Å². The highest BCUT2D eigenvalue weighted by atomic mass is 16.5. The Morgan fingerprint density at radius 1 is 0.913 bits per heavy atom. The molecule has 0 bridgehead atoms. The third-order valence-corrected chi connectivity index (χ3v) is 4.56. The number of anilines is 2. The van der Waals surface area contributed by atoms with Crippen LogP contribution in [0.2, 0.25) is 0 Å². The molecular formula is C19H18N2O2. The first kappa shape index (κ1) is 13.9. The minimum Gasteiger partial charge on any atom is -0.461 e. The van der Waals surface area contributed by atoms with E-state index < -0.39 is 6.10 Å². The van der Waals surface area contributed by atoms with Gasteiger partial charge in [-0.2, -0.15) is 0 Å². The Morgan fingerprint density at radius 2 is 1.57 bits per heavy atom. The molecule has 0 radical (unpaired) electrons.